The molecule has 0 radical (unpaired) electrons. The van der Waals surface area contributed by atoms with Crippen molar-refractivity contribution in [2.24, 2.45) is 0 Å². The Bertz CT molecular complexity index is 501. The van der Waals surface area contributed by atoms with E-state index in [0.717, 1.165) is 17.7 Å². The Kier molecular flexibility index (Phi) is 3.03. The molecular formula is C14H19NO4. The van der Waals surface area contributed by atoms with Crippen LogP contribution in [0.2, 0.25) is 0 Å². The fourth-order valence-electron chi connectivity index (χ4n) is 2.73. The summed E-state index contributed by atoms with van der Waals surface area (Å²) in [5.41, 5.74) is 1.89. The average molecular weight is 265 g/mol. The maximum absolute atomic E-state index is 10.3. The average Bonchev–Trinajstić information content (AvgIpc) is 2.84. The molecule has 0 saturated heterocycles. The second-order valence-corrected chi connectivity index (χ2v) is 5.25. The molecule has 0 saturated carbocycles. The van der Waals surface area contributed by atoms with Crippen LogP contribution < -0.4 is 14.2 Å². The van der Waals surface area contributed by atoms with Crippen molar-refractivity contribution in [2.45, 2.75) is 32.5 Å². The molecule has 5 nitrogen and oxygen atoms in total. The first-order valence-electron chi connectivity index (χ1n) is 6.53. The molecule has 19 heavy (non-hydrogen) atoms. The normalized spacial score (nSPS) is 21.6. The zero-order valence-electron chi connectivity index (χ0n) is 11.5. The number of methoxy groups -OCH3 is 1. The summed E-state index contributed by atoms with van der Waals surface area (Å²) in [6, 6.07) is 2.25. The molecular weight excluding hydrogens is 246 g/mol. The summed E-state index contributed by atoms with van der Waals surface area (Å²) in [7, 11) is 1.62. The third kappa shape index (κ3) is 1.93. The van der Waals surface area contributed by atoms with E-state index in [-0.39, 0.29) is 6.79 Å². The van der Waals surface area contributed by atoms with E-state index in [9.17, 15) is 5.11 Å². The van der Waals surface area contributed by atoms with Crippen LogP contribution in [-0.2, 0) is 6.54 Å². The highest BCUT2D eigenvalue weighted by Crippen LogP contribution is 2.48. The minimum absolute atomic E-state index is 0.207. The van der Waals surface area contributed by atoms with Crippen LogP contribution in [0.3, 0.4) is 0 Å². The maximum atomic E-state index is 10.3. The van der Waals surface area contributed by atoms with Gasteiger partial charge in [-0.25, -0.2) is 0 Å². The lowest BCUT2D eigenvalue weighted by atomic mass is 9.94. The van der Waals surface area contributed by atoms with Gasteiger partial charge in [0, 0.05) is 24.7 Å². The molecule has 3 rings (SSSR count). The molecule has 1 aromatic rings. The molecule has 5 heteroatoms. The van der Waals surface area contributed by atoms with Gasteiger partial charge in [0.25, 0.3) is 0 Å². The standard InChI is InChI=1S/C14H19NO4/c1-8(2)15-5-10-9(11(16)6-15)4-12-14(13(10)17-3)19-7-18-12/h4,8,11,16H,5-7H2,1-3H3. The SMILES string of the molecule is COc1c2c(cc3c1OCO3)C(O)CN(C(C)C)C2. The number of benzene rings is 1. The summed E-state index contributed by atoms with van der Waals surface area (Å²) in [6.07, 6.45) is -0.519. The first-order chi connectivity index (χ1) is 9.11. The van der Waals surface area contributed by atoms with E-state index in [0.29, 0.717) is 29.8 Å². The molecule has 1 aromatic carbocycles. The van der Waals surface area contributed by atoms with Crippen molar-refractivity contribution in [3.05, 3.63) is 17.2 Å². The van der Waals surface area contributed by atoms with Gasteiger partial charge in [0.15, 0.2) is 11.5 Å². The molecule has 2 aliphatic rings. The second kappa shape index (κ2) is 4.58. The minimum Gasteiger partial charge on any atom is -0.492 e. The molecule has 1 unspecified atom stereocenters. The molecule has 0 amide bonds. The lowest BCUT2D eigenvalue weighted by Gasteiger charge is -2.35. The number of aliphatic hydroxyl groups is 1. The van der Waals surface area contributed by atoms with Crippen LogP contribution in [0, 0.1) is 0 Å². The zero-order chi connectivity index (χ0) is 13.6. The van der Waals surface area contributed by atoms with Gasteiger partial charge in [-0.2, -0.15) is 0 Å². The molecule has 104 valence electrons. The highest BCUT2D eigenvalue weighted by atomic mass is 16.7. The van der Waals surface area contributed by atoms with Crippen molar-refractivity contribution < 1.29 is 19.3 Å². The molecule has 1 N–H and O–H groups in total. The fourth-order valence-corrected chi connectivity index (χ4v) is 2.73. The van der Waals surface area contributed by atoms with Gasteiger partial charge < -0.3 is 19.3 Å². The van der Waals surface area contributed by atoms with E-state index in [4.69, 9.17) is 14.2 Å². The smallest absolute Gasteiger partial charge is 0.231 e. The molecule has 2 aliphatic heterocycles. The lowest BCUT2D eigenvalue weighted by molar-refractivity contribution is 0.0730. The minimum atomic E-state index is -0.519. The number of fused-ring (bicyclic) bond motifs is 2. The number of ether oxygens (including phenoxy) is 3. The van der Waals surface area contributed by atoms with E-state index in [1.807, 2.05) is 6.07 Å². The van der Waals surface area contributed by atoms with E-state index in [2.05, 4.69) is 18.7 Å². The number of nitrogens with zero attached hydrogens (tertiary/aromatic N) is 1. The maximum Gasteiger partial charge on any atom is 0.231 e. The monoisotopic (exact) mass is 265 g/mol. The van der Waals surface area contributed by atoms with Crippen LogP contribution in [0.5, 0.6) is 17.2 Å². The Balaban J connectivity index is 2.10. The first kappa shape index (κ1) is 12.6. The molecule has 1 atom stereocenters. The molecule has 0 bridgehead atoms. The summed E-state index contributed by atoms with van der Waals surface area (Å²) in [5.74, 6) is 2.00. The van der Waals surface area contributed by atoms with Crippen molar-refractivity contribution in [3.8, 4) is 17.2 Å². The highest BCUT2D eigenvalue weighted by molar-refractivity contribution is 5.61. The fraction of sp³-hybridized carbons (Fsp3) is 0.571. The Labute approximate surface area is 112 Å². The van der Waals surface area contributed by atoms with E-state index < -0.39 is 6.10 Å². The molecule has 2 heterocycles. The van der Waals surface area contributed by atoms with Crippen molar-refractivity contribution >= 4 is 0 Å². The largest absolute Gasteiger partial charge is 0.492 e. The Morgan fingerprint density at radius 1 is 1.42 bits per heavy atom. The van der Waals surface area contributed by atoms with Crippen LogP contribution in [0.25, 0.3) is 0 Å². The van der Waals surface area contributed by atoms with Gasteiger partial charge in [-0.15, -0.1) is 0 Å². The van der Waals surface area contributed by atoms with Crippen LogP contribution in [-0.4, -0.2) is 36.5 Å². The van der Waals surface area contributed by atoms with E-state index >= 15 is 0 Å². The lowest BCUT2D eigenvalue weighted by Crippen LogP contribution is -2.38. The molecule has 0 fully saturated rings. The van der Waals surface area contributed by atoms with Gasteiger partial charge in [-0.3, -0.25) is 4.90 Å². The third-order valence-corrected chi connectivity index (χ3v) is 3.82. The zero-order valence-corrected chi connectivity index (χ0v) is 11.5. The summed E-state index contributed by atoms with van der Waals surface area (Å²) in [6.45, 7) is 5.84. The van der Waals surface area contributed by atoms with E-state index in [1.54, 1.807) is 7.11 Å². The van der Waals surface area contributed by atoms with Crippen LogP contribution in [0.15, 0.2) is 6.07 Å². The van der Waals surface area contributed by atoms with Crippen LogP contribution >= 0.6 is 0 Å². The topological polar surface area (TPSA) is 51.2 Å². The van der Waals surface area contributed by atoms with Crippen molar-refractivity contribution in [1.82, 2.24) is 4.90 Å². The van der Waals surface area contributed by atoms with E-state index in [1.165, 1.54) is 0 Å². The van der Waals surface area contributed by atoms with Gasteiger partial charge in [0.1, 0.15) is 0 Å². The van der Waals surface area contributed by atoms with Crippen molar-refractivity contribution in [3.63, 3.8) is 0 Å². The number of hydrogen-bond donors (Lipinski definition) is 1. The predicted molar refractivity (Wildman–Crippen MR) is 69.6 cm³/mol. The number of hydrogen-bond acceptors (Lipinski definition) is 5. The molecule has 0 aromatic heterocycles. The highest BCUT2D eigenvalue weighted by Gasteiger charge is 2.33. The quantitative estimate of drug-likeness (QED) is 0.881. The molecule has 0 aliphatic carbocycles. The summed E-state index contributed by atoms with van der Waals surface area (Å²) < 4.78 is 16.4. The third-order valence-electron chi connectivity index (χ3n) is 3.82. The number of β-amino-alcohol motifs (C(OH)–C–C–N with tert-alkyl or cyclic N) is 1. The summed E-state index contributed by atoms with van der Waals surface area (Å²) in [5, 5.41) is 10.3. The summed E-state index contributed by atoms with van der Waals surface area (Å²) >= 11 is 0. The van der Waals surface area contributed by atoms with Gasteiger partial charge in [-0.1, -0.05) is 0 Å². The Hall–Kier alpha value is -1.46. The Morgan fingerprint density at radius 3 is 2.89 bits per heavy atom. The van der Waals surface area contributed by atoms with Gasteiger partial charge in [-0.05, 0) is 25.5 Å². The van der Waals surface area contributed by atoms with Crippen LogP contribution in [0.1, 0.15) is 31.1 Å². The van der Waals surface area contributed by atoms with Crippen LogP contribution in [0.4, 0.5) is 0 Å². The van der Waals surface area contributed by atoms with Crippen molar-refractivity contribution in [2.75, 3.05) is 20.4 Å². The van der Waals surface area contributed by atoms with Gasteiger partial charge in [0.05, 0.1) is 13.2 Å². The van der Waals surface area contributed by atoms with Gasteiger partial charge >= 0.3 is 0 Å². The number of aliphatic hydroxyl groups excluding tert-OH is 1. The summed E-state index contributed by atoms with van der Waals surface area (Å²) in [4.78, 5) is 2.22. The number of rotatable bonds is 2. The second-order valence-electron chi connectivity index (χ2n) is 5.25. The Morgan fingerprint density at radius 2 is 2.21 bits per heavy atom. The van der Waals surface area contributed by atoms with Crippen molar-refractivity contribution in [1.29, 1.82) is 0 Å². The van der Waals surface area contributed by atoms with Gasteiger partial charge in [0.2, 0.25) is 12.5 Å². The molecule has 0 spiro atoms. The first-order valence-corrected chi connectivity index (χ1v) is 6.53. The predicted octanol–water partition coefficient (Wildman–Crippen LogP) is 1.68.